The molecular weight excluding hydrogens is 598 g/mol. The lowest BCUT2D eigenvalue weighted by Crippen LogP contribution is -2.71. The first-order chi connectivity index (χ1) is 19.4. The van der Waals surface area contributed by atoms with Gasteiger partial charge in [0.15, 0.2) is 16.0 Å². The summed E-state index contributed by atoms with van der Waals surface area (Å²) >= 11 is 3.57. The number of carbonyl (C=O) groups excluding carboxylic acids is 2. The number of rotatable bonds is 10. The van der Waals surface area contributed by atoms with Gasteiger partial charge in [-0.2, -0.15) is 0 Å². The molecule has 4 rings (SSSR count). The second-order valence-corrected chi connectivity index (χ2v) is 11.7. The Labute approximate surface area is 245 Å². The zero-order chi connectivity index (χ0) is 30.0. The molecule has 9 N–H and O–H groups in total. The Hall–Kier alpha value is -3.81. The summed E-state index contributed by atoms with van der Waals surface area (Å²) in [7, 11) is 0. The number of likely N-dealkylation sites (N-methyl/N-ethyl adjacent to an activating group) is 1. The van der Waals surface area contributed by atoms with E-state index in [0.29, 0.717) is 17.3 Å². The van der Waals surface area contributed by atoms with Gasteiger partial charge in [-0.25, -0.2) is 19.6 Å². The number of aliphatic imine (C=N–C) groups is 1. The van der Waals surface area contributed by atoms with E-state index < -0.39 is 47.4 Å². The van der Waals surface area contributed by atoms with Crippen LogP contribution in [0.3, 0.4) is 0 Å². The molecule has 3 aliphatic heterocycles. The van der Waals surface area contributed by atoms with Crippen LogP contribution in [-0.2, 0) is 24.0 Å². The lowest BCUT2D eigenvalue weighted by molar-refractivity contribution is -0.150. The van der Waals surface area contributed by atoms with Crippen molar-refractivity contribution in [2.75, 3.05) is 23.8 Å². The molecule has 41 heavy (non-hydrogen) atoms. The number of fused-ring (bicyclic) bond motifs is 1. The van der Waals surface area contributed by atoms with Gasteiger partial charge in [-0.15, -0.1) is 23.1 Å². The van der Waals surface area contributed by atoms with Gasteiger partial charge >= 0.3 is 11.9 Å². The van der Waals surface area contributed by atoms with Crippen LogP contribution < -0.4 is 22.5 Å². The average Bonchev–Trinajstić information content (AvgIpc) is 3.34. The van der Waals surface area contributed by atoms with Crippen molar-refractivity contribution in [2.24, 2.45) is 21.6 Å². The number of nitrogens with two attached hydrogens (primary N) is 3. The number of hydrogen-bond donors (Lipinski definition) is 6. The van der Waals surface area contributed by atoms with Crippen LogP contribution in [0, 0.1) is 0 Å². The molecule has 3 aliphatic rings. The number of nitrogen functional groups attached to an aromatic ring is 1. The number of carbonyl (C=O) groups is 4. The molecule has 1 aromatic heterocycles. The van der Waals surface area contributed by atoms with Gasteiger partial charge < -0.3 is 42.5 Å². The monoisotopic (exact) mass is 625 g/mol. The summed E-state index contributed by atoms with van der Waals surface area (Å²) in [6, 6.07) is -1.07. The summed E-state index contributed by atoms with van der Waals surface area (Å²) in [5.41, 5.74) is 17.6. The van der Waals surface area contributed by atoms with Crippen molar-refractivity contribution in [3.8, 4) is 0 Å². The Morgan fingerprint density at radius 1 is 1.34 bits per heavy atom. The van der Waals surface area contributed by atoms with Crippen LogP contribution >= 0.6 is 34.9 Å². The van der Waals surface area contributed by atoms with Crippen molar-refractivity contribution in [1.29, 1.82) is 0 Å². The first kappa shape index (κ1) is 30.2. The number of carboxylic acid groups (broad SMARTS) is 2. The van der Waals surface area contributed by atoms with Crippen LogP contribution in [-0.4, -0.2) is 101 Å². The van der Waals surface area contributed by atoms with Crippen molar-refractivity contribution >= 4 is 74.6 Å². The number of oxime groups is 1. The zero-order valence-electron chi connectivity index (χ0n) is 21.7. The quantitative estimate of drug-likeness (QED) is 0.105. The number of aromatic nitrogens is 1. The number of β-lactam (4-membered cyclic amide) rings is 1. The SMILES string of the molecule is CCN1C(SCC2=C(C(=O)O)N3C(=O)C(NC(=O)/C(=N\O[C@H](C)C(=O)O)c4csc(N)n4)[C@@H]3SC2)=NC(N)=CC1N. The summed E-state index contributed by atoms with van der Waals surface area (Å²) in [4.78, 5) is 65.8. The third-order valence-corrected chi connectivity index (χ3v) is 9.14. The lowest BCUT2D eigenvalue weighted by Gasteiger charge is -2.49. The normalized spacial score (nSPS) is 23.2. The van der Waals surface area contributed by atoms with Gasteiger partial charge in [-0.1, -0.05) is 16.9 Å². The Kier molecular flexibility index (Phi) is 9.10. The van der Waals surface area contributed by atoms with Gasteiger partial charge in [0, 0.05) is 23.4 Å². The van der Waals surface area contributed by atoms with Crippen molar-refractivity contribution < 1.29 is 34.2 Å². The minimum atomic E-state index is -1.37. The largest absolute Gasteiger partial charge is 0.478 e. The number of carboxylic acids is 2. The topological polar surface area (TPSA) is 252 Å². The Bertz CT molecular complexity index is 1390. The van der Waals surface area contributed by atoms with Crippen molar-refractivity contribution in [2.45, 2.75) is 37.5 Å². The fourth-order valence-corrected chi connectivity index (χ4v) is 7.15. The zero-order valence-corrected chi connectivity index (χ0v) is 24.2. The summed E-state index contributed by atoms with van der Waals surface area (Å²) in [5.74, 6) is -3.34. The van der Waals surface area contributed by atoms with E-state index in [9.17, 15) is 24.3 Å². The fourth-order valence-electron chi connectivity index (χ4n) is 4.00. The molecular formula is C22H27N9O7S3. The number of nitrogens with one attached hydrogen (secondary N) is 1. The molecule has 1 aromatic rings. The first-order valence-corrected chi connectivity index (χ1v) is 14.9. The standard InChI is InChI=1S/C22H27N9O7S3/c1-3-30-12(24)4-11(23)27-22(30)41-6-9-5-39-18-14(17(33)31(18)15(9)20(36)37)28-16(32)13(10-7-40-21(25)26-10)29-38-8(2)19(34)35/h4,7-8,12,14,18H,3,5-6,23-24H2,1-2H3,(H2,25,26)(H,28,32)(H,34,35)(H,36,37)/b29-13-/t8-,12?,14?,18+/m1/s1. The summed E-state index contributed by atoms with van der Waals surface area (Å²) in [5, 5.41) is 26.6. The molecule has 4 heterocycles. The predicted molar refractivity (Wildman–Crippen MR) is 153 cm³/mol. The third kappa shape index (κ3) is 6.26. The van der Waals surface area contributed by atoms with Gasteiger partial charge in [0.05, 0.1) is 0 Å². The van der Waals surface area contributed by atoms with Gasteiger partial charge in [-0.3, -0.25) is 14.5 Å². The fraction of sp³-hybridized carbons (Fsp3) is 0.409. The number of amides is 2. The Morgan fingerprint density at radius 3 is 2.68 bits per heavy atom. The highest BCUT2D eigenvalue weighted by Crippen LogP contribution is 2.41. The van der Waals surface area contributed by atoms with E-state index in [1.54, 1.807) is 6.08 Å². The molecule has 4 atom stereocenters. The molecule has 0 radical (unpaired) electrons. The Balaban J connectivity index is 1.50. The van der Waals surface area contributed by atoms with Crippen LogP contribution in [0.4, 0.5) is 5.13 Å². The number of anilines is 1. The molecule has 19 heteroatoms. The lowest BCUT2D eigenvalue weighted by atomic mass is 10.0. The van der Waals surface area contributed by atoms with E-state index >= 15 is 0 Å². The molecule has 1 saturated heterocycles. The smallest absolute Gasteiger partial charge is 0.352 e. The summed E-state index contributed by atoms with van der Waals surface area (Å²) in [6.45, 7) is 3.68. The summed E-state index contributed by atoms with van der Waals surface area (Å²) in [6.07, 6.45) is -0.219. The van der Waals surface area contributed by atoms with Crippen molar-refractivity contribution in [3.05, 3.63) is 34.2 Å². The van der Waals surface area contributed by atoms with E-state index in [0.717, 1.165) is 16.2 Å². The van der Waals surface area contributed by atoms with Crippen LogP contribution in [0.1, 0.15) is 19.5 Å². The summed E-state index contributed by atoms with van der Waals surface area (Å²) < 4.78 is 0. The van der Waals surface area contributed by atoms with Crippen LogP contribution in [0.25, 0.3) is 0 Å². The second-order valence-electron chi connectivity index (χ2n) is 8.77. The molecule has 0 spiro atoms. The minimum Gasteiger partial charge on any atom is -0.478 e. The maximum atomic E-state index is 13.1. The maximum absolute atomic E-state index is 13.1. The molecule has 0 saturated carbocycles. The maximum Gasteiger partial charge on any atom is 0.352 e. The number of aliphatic carboxylic acids is 2. The Morgan fingerprint density at radius 2 is 2.07 bits per heavy atom. The van der Waals surface area contributed by atoms with E-state index in [1.165, 1.54) is 35.8 Å². The number of amidine groups is 1. The molecule has 220 valence electrons. The third-order valence-electron chi connectivity index (χ3n) is 6.05. The van der Waals surface area contributed by atoms with E-state index in [4.69, 9.17) is 27.1 Å². The first-order valence-electron chi connectivity index (χ1n) is 12.0. The molecule has 2 unspecified atom stereocenters. The highest BCUT2D eigenvalue weighted by molar-refractivity contribution is 8.14. The molecule has 2 amide bonds. The second kappa shape index (κ2) is 12.4. The molecule has 0 aromatic carbocycles. The van der Waals surface area contributed by atoms with Crippen LogP contribution in [0.5, 0.6) is 0 Å². The highest BCUT2D eigenvalue weighted by Gasteiger charge is 2.54. The number of thiazole rings is 1. The van der Waals surface area contributed by atoms with Gasteiger partial charge in [0.1, 0.15) is 34.8 Å². The number of nitrogens with zero attached hydrogens (tertiary/aromatic N) is 5. The van der Waals surface area contributed by atoms with Gasteiger partial charge in [0.25, 0.3) is 11.8 Å². The number of thioether (sulfide) groups is 2. The molecule has 0 bridgehead atoms. The minimum absolute atomic E-state index is 0.0231. The van der Waals surface area contributed by atoms with E-state index in [-0.39, 0.29) is 39.6 Å². The van der Waals surface area contributed by atoms with E-state index in [2.05, 4.69) is 20.4 Å². The highest BCUT2D eigenvalue weighted by atomic mass is 32.2. The molecule has 0 aliphatic carbocycles. The van der Waals surface area contributed by atoms with Gasteiger partial charge in [-0.05, 0) is 25.5 Å². The van der Waals surface area contributed by atoms with E-state index in [1.807, 2.05) is 11.8 Å². The van der Waals surface area contributed by atoms with Crippen molar-refractivity contribution in [1.82, 2.24) is 20.1 Å². The van der Waals surface area contributed by atoms with Crippen LogP contribution in [0.15, 0.2) is 38.7 Å². The number of hydrogen-bond acceptors (Lipinski definition) is 15. The average molecular weight is 626 g/mol. The van der Waals surface area contributed by atoms with Gasteiger partial charge in [0.2, 0.25) is 6.10 Å². The molecule has 1 fully saturated rings. The molecule has 16 nitrogen and oxygen atoms in total. The predicted octanol–water partition coefficient (Wildman–Crippen LogP) is -0.833. The van der Waals surface area contributed by atoms with Crippen LogP contribution in [0.2, 0.25) is 0 Å². The van der Waals surface area contributed by atoms with Crippen molar-refractivity contribution in [3.63, 3.8) is 0 Å².